The minimum atomic E-state index is -0.527. The van der Waals surface area contributed by atoms with Crippen molar-refractivity contribution >= 4 is 12.0 Å². The van der Waals surface area contributed by atoms with Gasteiger partial charge in [0.05, 0.1) is 6.20 Å². The molecule has 0 spiro atoms. The standard InChI is InChI=1S/C10H18N4O2/c1-10(2,3)16-9(15)14-8-12-6-7(13-8)4-5-11/h6H,4-5,11H2,1-3H3,(H2,12,13,14,15). The highest BCUT2D eigenvalue weighted by Gasteiger charge is 2.16. The molecule has 0 aliphatic carbocycles. The molecule has 0 unspecified atom stereocenters. The molecule has 0 atom stereocenters. The molecule has 0 aliphatic heterocycles. The zero-order chi connectivity index (χ0) is 12.2. The third-order valence-electron chi connectivity index (χ3n) is 1.66. The predicted octanol–water partition coefficient (Wildman–Crippen LogP) is 1.26. The predicted molar refractivity (Wildman–Crippen MR) is 61.2 cm³/mol. The molecule has 4 N–H and O–H groups in total. The van der Waals surface area contributed by atoms with Gasteiger partial charge in [0.25, 0.3) is 0 Å². The highest BCUT2D eigenvalue weighted by molar-refractivity contribution is 5.82. The molecule has 0 fully saturated rings. The number of amides is 1. The average molecular weight is 226 g/mol. The number of hydrogen-bond donors (Lipinski definition) is 3. The van der Waals surface area contributed by atoms with Crippen LogP contribution < -0.4 is 11.1 Å². The van der Waals surface area contributed by atoms with Crippen LogP contribution in [0.15, 0.2) is 6.20 Å². The van der Waals surface area contributed by atoms with E-state index in [1.807, 2.05) is 0 Å². The van der Waals surface area contributed by atoms with Crippen molar-refractivity contribution in [2.75, 3.05) is 11.9 Å². The van der Waals surface area contributed by atoms with Crippen molar-refractivity contribution in [2.24, 2.45) is 5.73 Å². The number of nitrogens with zero attached hydrogens (tertiary/aromatic N) is 1. The number of anilines is 1. The van der Waals surface area contributed by atoms with Crippen LogP contribution in [0.3, 0.4) is 0 Å². The van der Waals surface area contributed by atoms with Crippen molar-refractivity contribution in [1.82, 2.24) is 9.97 Å². The number of nitrogens with one attached hydrogen (secondary N) is 2. The van der Waals surface area contributed by atoms with Gasteiger partial charge in [-0.15, -0.1) is 0 Å². The second-order valence-corrected chi connectivity index (χ2v) is 4.42. The second kappa shape index (κ2) is 4.98. The maximum Gasteiger partial charge on any atom is 0.414 e. The average Bonchev–Trinajstić information content (AvgIpc) is 2.49. The normalized spacial score (nSPS) is 11.2. The summed E-state index contributed by atoms with van der Waals surface area (Å²) in [6, 6.07) is 0. The SMILES string of the molecule is CC(C)(C)OC(=O)Nc1ncc(CCN)[nH]1. The van der Waals surface area contributed by atoms with Gasteiger partial charge < -0.3 is 15.5 Å². The van der Waals surface area contributed by atoms with Gasteiger partial charge in [-0.3, -0.25) is 5.32 Å². The molecular weight excluding hydrogens is 208 g/mol. The molecule has 1 aromatic heterocycles. The number of H-pyrrole nitrogens is 1. The maximum atomic E-state index is 11.4. The number of imidazole rings is 1. The fraction of sp³-hybridized carbons (Fsp3) is 0.600. The van der Waals surface area contributed by atoms with E-state index in [1.54, 1.807) is 27.0 Å². The van der Waals surface area contributed by atoms with Gasteiger partial charge in [0, 0.05) is 12.1 Å². The minimum absolute atomic E-state index is 0.373. The van der Waals surface area contributed by atoms with Gasteiger partial charge in [-0.2, -0.15) is 0 Å². The Kier molecular flexibility index (Phi) is 3.89. The number of rotatable bonds is 3. The van der Waals surface area contributed by atoms with E-state index in [2.05, 4.69) is 15.3 Å². The fourth-order valence-electron chi connectivity index (χ4n) is 1.11. The Morgan fingerprint density at radius 1 is 1.62 bits per heavy atom. The van der Waals surface area contributed by atoms with Crippen molar-refractivity contribution in [3.8, 4) is 0 Å². The molecule has 1 amide bonds. The van der Waals surface area contributed by atoms with Crippen LogP contribution in [0.5, 0.6) is 0 Å². The number of hydrogen-bond acceptors (Lipinski definition) is 4. The van der Waals surface area contributed by atoms with Gasteiger partial charge in [-0.1, -0.05) is 0 Å². The van der Waals surface area contributed by atoms with Crippen molar-refractivity contribution in [3.05, 3.63) is 11.9 Å². The first kappa shape index (κ1) is 12.5. The first-order chi connectivity index (χ1) is 7.40. The van der Waals surface area contributed by atoms with E-state index < -0.39 is 11.7 Å². The Hall–Kier alpha value is -1.56. The maximum absolute atomic E-state index is 11.4. The lowest BCUT2D eigenvalue weighted by atomic mass is 10.2. The van der Waals surface area contributed by atoms with Crippen molar-refractivity contribution in [1.29, 1.82) is 0 Å². The molecule has 6 nitrogen and oxygen atoms in total. The van der Waals surface area contributed by atoms with Crippen molar-refractivity contribution in [3.63, 3.8) is 0 Å². The summed E-state index contributed by atoms with van der Waals surface area (Å²) in [7, 11) is 0. The first-order valence-corrected chi connectivity index (χ1v) is 5.14. The number of aromatic nitrogens is 2. The van der Waals surface area contributed by atoms with Crippen LogP contribution in [0.1, 0.15) is 26.5 Å². The lowest BCUT2D eigenvalue weighted by molar-refractivity contribution is 0.0635. The van der Waals surface area contributed by atoms with Crippen LogP contribution in [0.25, 0.3) is 0 Å². The molecule has 0 saturated carbocycles. The molecule has 1 aromatic rings. The first-order valence-electron chi connectivity index (χ1n) is 5.14. The number of ether oxygens (including phenoxy) is 1. The summed E-state index contributed by atoms with van der Waals surface area (Å²) in [5, 5.41) is 2.51. The zero-order valence-corrected chi connectivity index (χ0v) is 9.83. The van der Waals surface area contributed by atoms with Gasteiger partial charge in [-0.25, -0.2) is 9.78 Å². The summed E-state index contributed by atoms with van der Waals surface area (Å²) in [5.41, 5.74) is 5.76. The number of aromatic amines is 1. The fourth-order valence-corrected chi connectivity index (χ4v) is 1.11. The number of carbonyl (C=O) groups excluding carboxylic acids is 1. The van der Waals surface area contributed by atoms with Crippen molar-refractivity contribution in [2.45, 2.75) is 32.8 Å². The van der Waals surface area contributed by atoms with Crippen LogP contribution in [-0.4, -0.2) is 28.2 Å². The molecule has 1 heterocycles. The number of carbonyl (C=O) groups is 1. The summed E-state index contributed by atoms with van der Waals surface area (Å²) < 4.78 is 5.08. The number of nitrogens with two attached hydrogens (primary N) is 1. The molecule has 0 aromatic carbocycles. The summed E-state index contributed by atoms with van der Waals surface area (Å²) in [6.07, 6.45) is 1.81. The van der Waals surface area contributed by atoms with E-state index in [-0.39, 0.29) is 0 Å². The van der Waals surface area contributed by atoms with E-state index in [0.29, 0.717) is 18.9 Å². The molecule has 1 rings (SSSR count). The van der Waals surface area contributed by atoms with Crippen LogP contribution in [-0.2, 0) is 11.2 Å². The minimum Gasteiger partial charge on any atom is -0.444 e. The Balaban J connectivity index is 2.50. The topological polar surface area (TPSA) is 93.0 Å². The molecule has 0 saturated heterocycles. The molecule has 6 heteroatoms. The van der Waals surface area contributed by atoms with Crippen LogP contribution in [0, 0.1) is 0 Å². The highest BCUT2D eigenvalue weighted by atomic mass is 16.6. The van der Waals surface area contributed by atoms with Gasteiger partial charge >= 0.3 is 6.09 Å². The largest absolute Gasteiger partial charge is 0.444 e. The third kappa shape index (κ3) is 4.31. The van der Waals surface area contributed by atoms with Gasteiger partial charge in [0.15, 0.2) is 0 Å². The zero-order valence-electron chi connectivity index (χ0n) is 9.83. The van der Waals surface area contributed by atoms with E-state index in [1.165, 1.54) is 0 Å². The summed E-state index contributed by atoms with van der Waals surface area (Å²) in [4.78, 5) is 18.3. The van der Waals surface area contributed by atoms with Gasteiger partial charge in [-0.05, 0) is 27.3 Å². The second-order valence-electron chi connectivity index (χ2n) is 4.42. The molecule has 0 bridgehead atoms. The Morgan fingerprint density at radius 3 is 2.88 bits per heavy atom. The van der Waals surface area contributed by atoms with Crippen LogP contribution >= 0.6 is 0 Å². The van der Waals surface area contributed by atoms with Gasteiger partial charge in [0.1, 0.15) is 5.60 Å². The monoisotopic (exact) mass is 226 g/mol. The Bertz CT molecular complexity index is 354. The summed E-state index contributed by atoms with van der Waals surface area (Å²) in [6.45, 7) is 5.94. The lowest BCUT2D eigenvalue weighted by Gasteiger charge is -2.18. The smallest absolute Gasteiger partial charge is 0.414 e. The van der Waals surface area contributed by atoms with E-state index >= 15 is 0 Å². The Morgan fingerprint density at radius 2 is 2.31 bits per heavy atom. The summed E-state index contributed by atoms with van der Waals surface area (Å²) >= 11 is 0. The third-order valence-corrected chi connectivity index (χ3v) is 1.66. The van der Waals surface area contributed by atoms with E-state index in [9.17, 15) is 4.79 Å². The van der Waals surface area contributed by atoms with Gasteiger partial charge in [0.2, 0.25) is 5.95 Å². The highest BCUT2D eigenvalue weighted by Crippen LogP contribution is 2.09. The van der Waals surface area contributed by atoms with E-state index in [4.69, 9.17) is 10.5 Å². The molecule has 0 aliphatic rings. The lowest BCUT2D eigenvalue weighted by Crippen LogP contribution is -2.27. The Labute approximate surface area is 94.6 Å². The quantitative estimate of drug-likeness (QED) is 0.723. The molecule has 90 valence electrons. The molecule has 16 heavy (non-hydrogen) atoms. The van der Waals surface area contributed by atoms with Crippen molar-refractivity contribution < 1.29 is 9.53 Å². The summed E-state index contributed by atoms with van der Waals surface area (Å²) in [5.74, 6) is 0.373. The van der Waals surface area contributed by atoms with E-state index in [0.717, 1.165) is 5.69 Å². The van der Waals surface area contributed by atoms with Crippen LogP contribution in [0.2, 0.25) is 0 Å². The van der Waals surface area contributed by atoms with Crippen LogP contribution in [0.4, 0.5) is 10.7 Å². The molecule has 0 radical (unpaired) electrons. The molecular formula is C10H18N4O2.